The van der Waals surface area contributed by atoms with Gasteiger partial charge in [0, 0.05) is 13.1 Å². The van der Waals surface area contributed by atoms with Crippen molar-refractivity contribution in [3.8, 4) is 0 Å². The van der Waals surface area contributed by atoms with Gasteiger partial charge in [-0.05, 0) is 18.3 Å². The van der Waals surface area contributed by atoms with Crippen LogP contribution < -0.4 is 10.6 Å². The zero-order valence-electron chi connectivity index (χ0n) is 8.11. The van der Waals surface area contributed by atoms with Gasteiger partial charge in [0.1, 0.15) is 0 Å². The second-order valence-corrected chi connectivity index (χ2v) is 4.16. The van der Waals surface area contributed by atoms with Crippen LogP contribution in [0.15, 0.2) is 0 Å². The summed E-state index contributed by atoms with van der Waals surface area (Å²) in [5.74, 6) is 0. The predicted octanol–water partition coefficient (Wildman–Crippen LogP) is 1.49. The van der Waals surface area contributed by atoms with Gasteiger partial charge in [-0.15, -0.1) is 0 Å². The topological polar surface area (TPSA) is 41.1 Å². The number of amides is 2. The second kappa shape index (κ2) is 3.33. The Morgan fingerprint density at radius 3 is 2.58 bits per heavy atom. The van der Waals surface area contributed by atoms with Crippen molar-refractivity contribution in [2.24, 2.45) is 5.41 Å². The van der Waals surface area contributed by atoms with Crippen LogP contribution in [-0.2, 0) is 0 Å². The Balaban J connectivity index is 2.47. The Kier molecular flexibility index (Phi) is 2.60. The highest BCUT2D eigenvalue weighted by Crippen LogP contribution is 2.36. The summed E-state index contributed by atoms with van der Waals surface area (Å²) in [6, 6.07) is 0.285. The summed E-state index contributed by atoms with van der Waals surface area (Å²) in [4.78, 5) is 11.0. The average Bonchev–Trinajstić information content (AvgIpc) is 2.31. The lowest BCUT2D eigenvalue weighted by Gasteiger charge is -2.27. The summed E-state index contributed by atoms with van der Waals surface area (Å²) in [6.45, 7) is 4.42. The first kappa shape index (κ1) is 9.36. The minimum Gasteiger partial charge on any atom is -0.341 e. The Hall–Kier alpha value is -0.730. The van der Waals surface area contributed by atoms with Crippen molar-refractivity contribution in [3.63, 3.8) is 0 Å². The molecule has 1 saturated carbocycles. The molecule has 70 valence electrons. The first-order chi connectivity index (χ1) is 5.56. The fourth-order valence-electron chi connectivity index (χ4n) is 1.82. The molecule has 1 unspecified atom stereocenters. The Labute approximate surface area is 73.9 Å². The number of urea groups is 1. The molecule has 3 nitrogen and oxygen atoms in total. The highest BCUT2D eigenvalue weighted by atomic mass is 16.2. The maximum absolute atomic E-state index is 11.0. The van der Waals surface area contributed by atoms with Crippen molar-refractivity contribution in [3.05, 3.63) is 0 Å². The number of hydrogen-bond acceptors (Lipinski definition) is 1. The number of hydrogen-bond donors (Lipinski definition) is 2. The molecule has 1 aliphatic rings. The van der Waals surface area contributed by atoms with Crippen molar-refractivity contribution < 1.29 is 4.79 Å². The van der Waals surface area contributed by atoms with Crippen molar-refractivity contribution in [1.29, 1.82) is 0 Å². The van der Waals surface area contributed by atoms with E-state index in [1.54, 1.807) is 7.05 Å². The van der Waals surface area contributed by atoms with Gasteiger partial charge in [0.2, 0.25) is 0 Å². The fraction of sp³-hybridized carbons (Fsp3) is 0.889. The molecule has 0 spiro atoms. The van der Waals surface area contributed by atoms with E-state index in [1.165, 1.54) is 12.8 Å². The zero-order chi connectivity index (χ0) is 9.19. The number of carbonyl (C=O) groups is 1. The maximum atomic E-state index is 11.0. The quantitative estimate of drug-likeness (QED) is 0.615. The first-order valence-corrected chi connectivity index (χ1v) is 4.54. The smallest absolute Gasteiger partial charge is 0.314 e. The molecule has 2 amide bonds. The van der Waals surface area contributed by atoms with Crippen molar-refractivity contribution in [2.45, 2.75) is 39.2 Å². The van der Waals surface area contributed by atoms with Crippen molar-refractivity contribution >= 4 is 6.03 Å². The van der Waals surface area contributed by atoms with E-state index in [2.05, 4.69) is 24.5 Å². The van der Waals surface area contributed by atoms with Crippen LogP contribution in [0.3, 0.4) is 0 Å². The van der Waals surface area contributed by atoms with E-state index >= 15 is 0 Å². The molecule has 0 heterocycles. The van der Waals surface area contributed by atoms with Crippen LogP contribution in [-0.4, -0.2) is 19.1 Å². The van der Waals surface area contributed by atoms with Crippen molar-refractivity contribution in [1.82, 2.24) is 10.6 Å². The van der Waals surface area contributed by atoms with Gasteiger partial charge in [-0.2, -0.15) is 0 Å². The third kappa shape index (κ3) is 1.90. The Bertz CT molecular complexity index is 177. The summed E-state index contributed by atoms with van der Waals surface area (Å²) >= 11 is 0. The molecule has 1 atom stereocenters. The zero-order valence-corrected chi connectivity index (χ0v) is 8.11. The Morgan fingerprint density at radius 2 is 2.17 bits per heavy atom. The molecule has 0 aliphatic heterocycles. The second-order valence-electron chi connectivity index (χ2n) is 4.16. The minimum absolute atomic E-state index is 0.0602. The maximum Gasteiger partial charge on any atom is 0.314 e. The van der Waals surface area contributed by atoms with Crippen LogP contribution in [0.25, 0.3) is 0 Å². The Morgan fingerprint density at radius 1 is 1.50 bits per heavy atom. The van der Waals surface area contributed by atoms with Crippen LogP contribution in [0, 0.1) is 5.41 Å². The summed E-state index contributed by atoms with van der Waals surface area (Å²) in [5.41, 5.74) is 0.270. The number of carbonyl (C=O) groups excluding carboxylic acids is 1. The van der Waals surface area contributed by atoms with Crippen LogP contribution >= 0.6 is 0 Å². The normalized spacial score (nSPS) is 26.8. The first-order valence-electron chi connectivity index (χ1n) is 4.54. The largest absolute Gasteiger partial charge is 0.341 e. The van der Waals surface area contributed by atoms with Gasteiger partial charge in [-0.1, -0.05) is 20.3 Å². The van der Waals surface area contributed by atoms with E-state index in [0.717, 1.165) is 6.42 Å². The molecule has 0 radical (unpaired) electrons. The van der Waals surface area contributed by atoms with E-state index in [-0.39, 0.29) is 11.4 Å². The minimum atomic E-state index is -0.0602. The monoisotopic (exact) mass is 170 g/mol. The molecule has 0 aromatic heterocycles. The molecule has 0 bridgehead atoms. The SMILES string of the molecule is CNC(=O)NC1CCCC1(C)C. The third-order valence-electron chi connectivity index (χ3n) is 2.79. The summed E-state index contributed by atoms with van der Waals surface area (Å²) in [7, 11) is 1.65. The lowest BCUT2D eigenvalue weighted by atomic mass is 9.87. The van der Waals surface area contributed by atoms with Crippen LogP contribution in [0.4, 0.5) is 4.79 Å². The standard InChI is InChI=1S/C9H18N2O/c1-9(2)6-4-5-7(9)11-8(12)10-3/h7H,4-6H2,1-3H3,(H2,10,11,12). The highest BCUT2D eigenvalue weighted by Gasteiger charge is 2.35. The van der Waals surface area contributed by atoms with Gasteiger partial charge >= 0.3 is 6.03 Å². The van der Waals surface area contributed by atoms with Gasteiger partial charge in [-0.25, -0.2) is 4.79 Å². The third-order valence-corrected chi connectivity index (χ3v) is 2.79. The molecule has 0 saturated heterocycles. The van der Waals surface area contributed by atoms with E-state index in [9.17, 15) is 4.79 Å². The van der Waals surface area contributed by atoms with Gasteiger partial charge < -0.3 is 10.6 Å². The van der Waals surface area contributed by atoms with E-state index in [4.69, 9.17) is 0 Å². The molecule has 1 fully saturated rings. The molecule has 2 N–H and O–H groups in total. The highest BCUT2D eigenvalue weighted by molar-refractivity contribution is 5.73. The van der Waals surface area contributed by atoms with Gasteiger partial charge in [0.05, 0.1) is 0 Å². The summed E-state index contributed by atoms with van der Waals surface area (Å²) < 4.78 is 0. The van der Waals surface area contributed by atoms with Gasteiger partial charge in [-0.3, -0.25) is 0 Å². The molecular weight excluding hydrogens is 152 g/mol. The molecular formula is C9H18N2O. The summed E-state index contributed by atoms with van der Waals surface area (Å²) in [5, 5.41) is 5.55. The molecule has 12 heavy (non-hydrogen) atoms. The van der Waals surface area contributed by atoms with E-state index < -0.39 is 0 Å². The van der Waals surface area contributed by atoms with Gasteiger partial charge in [0.25, 0.3) is 0 Å². The molecule has 0 aromatic rings. The average molecular weight is 170 g/mol. The summed E-state index contributed by atoms with van der Waals surface area (Å²) in [6.07, 6.45) is 3.55. The molecule has 1 rings (SSSR count). The number of nitrogens with one attached hydrogen (secondary N) is 2. The van der Waals surface area contributed by atoms with E-state index in [0.29, 0.717) is 6.04 Å². The van der Waals surface area contributed by atoms with Gasteiger partial charge in [0.15, 0.2) is 0 Å². The molecule has 1 aliphatic carbocycles. The predicted molar refractivity (Wildman–Crippen MR) is 49.0 cm³/mol. The van der Waals surface area contributed by atoms with Crippen LogP contribution in [0.2, 0.25) is 0 Å². The van der Waals surface area contributed by atoms with Crippen molar-refractivity contribution in [2.75, 3.05) is 7.05 Å². The fourth-order valence-corrected chi connectivity index (χ4v) is 1.82. The van der Waals surface area contributed by atoms with Crippen LogP contribution in [0.1, 0.15) is 33.1 Å². The lowest BCUT2D eigenvalue weighted by Crippen LogP contribution is -2.45. The number of rotatable bonds is 1. The van der Waals surface area contributed by atoms with Crippen LogP contribution in [0.5, 0.6) is 0 Å². The molecule has 3 heteroatoms. The molecule has 0 aromatic carbocycles. The lowest BCUT2D eigenvalue weighted by molar-refractivity contribution is 0.224. The van der Waals surface area contributed by atoms with E-state index in [1.807, 2.05) is 0 Å².